The average molecular weight is 308 g/mol. The molecule has 0 aliphatic carbocycles. The van der Waals surface area contributed by atoms with E-state index in [9.17, 15) is 4.79 Å². The molecule has 0 aromatic heterocycles. The maximum Gasteiger partial charge on any atom is 0.335 e. The van der Waals surface area contributed by atoms with Crippen LogP contribution in [0.5, 0.6) is 5.75 Å². The lowest BCUT2D eigenvalue weighted by atomic mass is 10.1. The zero-order valence-electron chi connectivity index (χ0n) is 13.5. The van der Waals surface area contributed by atoms with E-state index in [0.29, 0.717) is 12.4 Å². The Kier molecular flexibility index (Phi) is 6.21. The number of carbonyl (C=O) groups is 1. The van der Waals surface area contributed by atoms with E-state index in [0.717, 1.165) is 30.6 Å². The van der Waals surface area contributed by atoms with Crippen LogP contribution < -0.4 is 4.74 Å². The summed E-state index contributed by atoms with van der Waals surface area (Å²) >= 11 is 0. The maximum atomic E-state index is 12.0. The van der Waals surface area contributed by atoms with Crippen molar-refractivity contribution < 1.29 is 23.7 Å². The fourth-order valence-corrected chi connectivity index (χ4v) is 2.38. The minimum Gasteiger partial charge on any atom is -0.496 e. The summed E-state index contributed by atoms with van der Waals surface area (Å²) in [6.07, 6.45) is 1.55. The van der Waals surface area contributed by atoms with Crippen molar-refractivity contribution in [1.82, 2.24) is 0 Å². The fourth-order valence-electron chi connectivity index (χ4n) is 2.38. The summed E-state index contributed by atoms with van der Waals surface area (Å²) in [6.45, 7) is 5.07. The predicted octanol–water partition coefficient (Wildman–Crippen LogP) is 2.63. The largest absolute Gasteiger partial charge is 0.496 e. The molecule has 1 heterocycles. The number of carbonyl (C=O) groups excluding carboxylic acids is 1. The summed E-state index contributed by atoms with van der Waals surface area (Å²) in [5.41, 5.74) is 1.94. The molecule has 1 aromatic rings. The average Bonchev–Trinajstić information content (AvgIpc) is 3.03. The molecule has 122 valence electrons. The van der Waals surface area contributed by atoms with E-state index in [4.69, 9.17) is 18.9 Å². The van der Waals surface area contributed by atoms with Gasteiger partial charge in [-0.15, -0.1) is 0 Å². The molecular formula is C17H24O5. The van der Waals surface area contributed by atoms with Crippen LogP contribution in [0.1, 0.15) is 30.9 Å². The summed E-state index contributed by atoms with van der Waals surface area (Å²) in [6, 6.07) is 5.78. The quantitative estimate of drug-likeness (QED) is 0.725. The molecule has 1 aliphatic heterocycles. The molecule has 0 N–H and O–H groups in total. The Morgan fingerprint density at radius 1 is 1.45 bits per heavy atom. The lowest BCUT2D eigenvalue weighted by molar-refractivity contribution is -0.159. The molecule has 5 heteroatoms. The van der Waals surface area contributed by atoms with Gasteiger partial charge in [0, 0.05) is 12.2 Å². The predicted molar refractivity (Wildman–Crippen MR) is 81.9 cm³/mol. The van der Waals surface area contributed by atoms with E-state index in [1.807, 2.05) is 25.1 Å². The second-order valence-electron chi connectivity index (χ2n) is 5.53. The van der Waals surface area contributed by atoms with Crippen LogP contribution in [0.2, 0.25) is 0 Å². The van der Waals surface area contributed by atoms with E-state index in [1.165, 1.54) is 0 Å². The van der Waals surface area contributed by atoms with Gasteiger partial charge in [0.1, 0.15) is 12.4 Å². The highest BCUT2D eigenvalue weighted by molar-refractivity contribution is 5.74. The molecule has 0 spiro atoms. The third-order valence-corrected chi connectivity index (χ3v) is 3.69. The Hall–Kier alpha value is -1.59. The SMILES string of the molecule is COc1ccc(C)cc1COC(=O)C(C)OCC1CCCO1. The summed E-state index contributed by atoms with van der Waals surface area (Å²) in [5.74, 6) is 0.341. The molecule has 0 saturated carbocycles. The van der Waals surface area contributed by atoms with Crippen LogP contribution in [0.4, 0.5) is 0 Å². The first-order valence-electron chi connectivity index (χ1n) is 7.63. The Labute approximate surface area is 131 Å². The van der Waals surface area contributed by atoms with E-state index >= 15 is 0 Å². The van der Waals surface area contributed by atoms with Gasteiger partial charge in [-0.25, -0.2) is 4.79 Å². The van der Waals surface area contributed by atoms with Gasteiger partial charge >= 0.3 is 5.97 Å². The number of rotatable bonds is 7. The van der Waals surface area contributed by atoms with Crippen molar-refractivity contribution in [3.8, 4) is 5.75 Å². The number of esters is 1. The second-order valence-corrected chi connectivity index (χ2v) is 5.53. The fraction of sp³-hybridized carbons (Fsp3) is 0.588. The van der Waals surface area contributed by atoms with Gasteiger partial charge in [0.15, 0.2) is 6.10 Å². The van der Waals surface area contributed by atoms with E-state index in [1.54, 1.807) is 14.0 Å². The number of ether oxygens (including phenoxy) is 4. The molecule has 2 rings (SSSR count). The Bertz CT molecular complexity index is 494. The molecule has 0 amide bonds. The van der Waals surface area contributed by atoms with Gasteiger partial charge in [0.2, 0.25) is 0 Å². The Morgan fingerprint density at radius 3 is 2.95 bits per heavy atom. The molecule has 22 heavy (non-hydrogen) atoms. The standard InChI is InChI=1S/C17H24O5/c1-12-6-7-16(19-3)14(9-12)10-22-17(18)13(2)21-11-15-5-4-8-20-15/h6-7,9,13,15H,4-5,8,10-11H2,1-3H3. The van der Waals surface area contributed by atoms with Crippen LogP contribution in [0.25, 0.3) is 0 Å². The van der Waals surface area contributed by atoms with Crippen LogP contribution in [-0.4, -0.2) is 38.5 Å². The Balaban J connectivity index is 1.80. The molecule has 0 bridgehead atoms. The number of benzene rings is 1. The van der Waals surface area contributed by atoms with Gasteiger partial charge in [-0.1, -0.05) is 11.6 Å². The molecule has 1 saturated heterocycles. The highest BCUT2D eigenvalue weighted by atomic mass is 16.6. The third-order valence-electron chi connectivity index (χ3n) is 3.69. The molecule has 1 aliphatic rings. The van der Waals surface area contributed by atoms with E-state index in [-0.39, 0.29) is 18.7 Å². The zero-order valence-corrected chi connectivity index (χ0v) is 13.5. The third kappa shape index (κ3) is 4.71. The van der Waals surface area contributed by atoms with Crippen LogP contribution in [0.3, 0.4) is 0 Å². The number of hydrogen-bond donors (Lipinski definition) is 0. The summed E-state index contributed by atoms with van der Waals surface area (Å²) < 4.78 is 21.6. The monoisotopic (exact) mass is 308 g/mol. The van der Waals surface area contributed by atoms with Crippen molar-refractivity contribution in [3.05, 3.63) is 29.3 Å². The summed E-state index contributed by atoms with van der Waals surface area (Å²) in [5, 5.41) is 0. The van der Waals surface area contributed by atoms with Crippen molar-refractivity contribution in [2.75, 3.05) is 20.3 Å². The minimum atomic E-state index is -0.597. The first-order chi connectivity index (χ1) is 10.6. The van der Waals surface area contributed by atoms with Crippen molar-refractivity contribution >= 4 is 5.97 Å². The van der Waals surface area contributed by atoms with Gasteiger partial charge < -0.3 is 18.9 Å². The molecule has 2 unspecified atom stereocenters. The molecule has 1 fully saturated rings. The van der Waals surface area contributed by atoms with E-state index in [2.05, 4.69) is 0 Å². The van der Waals surface area contributed by atoms with Crippen molar-refractivity contribution in [1.29, 1.82) is 0 Å². The number of methoxy groups -OCH3 is 1. The van der Waals surface area contributed by atoms with Gasteiger partial charge in [-0.2, -0.15) is 0 Å². The van der Waals surface area contributed by atoms with E-state index < -0.39 is 6.10 Å². The van der Waals surface area contributed by atoms with Gasteiger partial charge in [0.25, 0.3) is 0 Å². The number of aryl methyl sites for hydroxylation is 1. The first-order valence-corrected chi connectivity index (χ1v) is 7.63. The van der Waals surface area contributed by atoms with Gasteiger partial charge in [-0.3, -0.25) is 0 Å². The van der Waals surface area contributed by atoms with Crippen LogP contribution in [0.15, 0.2) is 18.2 Å². The van der Waals surface area contributed by atoms with Crippen LogP contribution >= 0.6 is 0 Å². The van der Waals surface area contributed by atoms with Gasteiger partial charge in [-0.05, 0) is 38.8 Å². The zero-order chi connectivity index (χ0) is 15.9. The first kappa shape index (κ1) is 16.8. The lowest BCUT2D eigenvalue weighted by Gasteiger charge is -2.16. The highest BCUT2D eigenvalue weighted by Gasteiger charge is 2.21. The molecule has 5 nitrogen and oxygen atoms in total. The van der Waals surface area contributed by atoms with Crippen molar-refractivity contribution in [2.24, 2.45) is 0 Å². The second kappa shape index (κ2) is 8.15. The molecular weight excluding hydrogens is 284 g/mol. The van der Waals surface area contributed by atoms with Crippen molar-refractivity contribution in [3.63, 3.8) is 0 Å². The van der Waals surface area contributed by atoms with Crippen LogP contribution in [-0.2, 0) is 25.6 Å². The van der Waals surface area contributed by atoms with Gasteiger partial charge in [0.05, 0.1) is 19.8 Å². The highest BCUT2D eigenvalue weighted by Crippen LogP contribution is 2.21. The normalized spacial score (nSPS) is 19.0. The summed E-state index contributed by atoms with van der Waals surface area (Å²) in [7, 11) is 1.60. The summed E-state index contributed by atoms with van der Waals surface area (Å²) in [4.78, 5) is 12.0. The molecule has 1 aromatic carbocycles. The number of hydrogen-bond acceptors (Lipinski definition) is 5. The minimum absolute atomic E-state index is 0.104. The lowest BCUT2D eigenvalue weighted by Crippen LogP contribution is -2.27. The molecule has 2 atom stereocenters. The maximum absolute atomic E-state index is 12.0. The molecule has 0 radical (unpaired) electrons. The topological polar surface area (TPSA) is 54.0 Å². The van der Waals surface area contributed by atoms with Crippen LogP contribution in [0, 0.1) is 6.92 Å². The smallest absolute Gasteiger partial charge is 0.335 e. The Morgan fingerprint density at radius 2 is 2.27 bits per heavy atom. The van der Waals surface area contributed by atoms with Crippen molar-refractivity contribution in [2.45, 2.75) is 45.5 Å².